The third-order valence-corrected chi connectivity index (χ3v) is 23.4. The molecule has 27 nitrogen and oxygen atoms in total. The highest BCUT2D eigenvalue weighted by Gasteiger charge is 2.33. The molecule has 0 unspecified atom stereocenters. The van der Waals surface area contributed by atoms with E-state index in [2.05, 4.69) is 90.0 Å². The number of hydrogen-bond donors (Lipinski definition) is 1. The van der Waals surface area contributed by atoms with Gasteiger partial charge < -0.3 is 42.7 Å². The summed E-state index contributed by atoms with van der Waals surface area (Å²) in [7, 11) is 5.27. The molecule has 119 heavy (non-hydrogen) atoms. The van der Waals surface area contributed by atoms with Crippen molar-refractivity contribution in [3.05, 3.63) is 264 Å². The van der Waals surface area contributed by atoms with Crippen molar-refractivity contribution < 1.29 is 18.3 Å². The molecule has 6 aliphatic rings. The van der Waals surface area contributed by atoms with Crippen LogP contribution in [0.1, 0.15) is 78.3 Å². The van der Waals surface area contributed by atoms with E-state index in [4.69, 9.17) is 14.5 Å². The van der Waals surface area contributed by atoms with Gasteiger partial charge in [0, 0.05) is 192 Å². The molecule has 0 spiro atoms. The van der Waals surface area contributed by atoms with Crippen LogP contribution in [0, 0.1) is 46.3 Å². The maximum Gasteiger partial charge on any atom is 0.258 e. The zero-order valence-electron chi connectivity index (χ0n) is 67.7. The fourth-order valence-electron chi connectivity index (χ4n) is 17.0. The summed E-state index contributed by atoms with van der Waals surface area (Å²) in [5.74, 6) is 0.422. The van der Waals surface area contributed by atoms with Crippen molar-refractivity contribution in [2.45, 2.75) is 85.2 Å². The average Bonchev–Trinajstić information content (AvgIpc) is 1.65. The highest BCUT2D eigenvalue weighted by Crippen LogP contribution is 2.35. The molecule has 606 valence electrons. The maximum absolute atomic E-state index is 14.5. The molecule has 3 saturated heterocycles. The Morgan fingerprint density at radius 3 is 1.71 bits per heavy atom. The number of piperazine rings is 2. The number of hydrogen-bond acceptors (Lipinski definition) is 20. The van der Waals surface area contributed by atoms with Crippen LogP contribution in [-0.2, 0) is 0 Å². The molecule has 14 aromatic heterocycles. The molecule has 1 saturated carbocycles. The van der Waals surface area contributed by atoms with Crippen molar-refractivity contribution in [3.8, 4) is 56.4 Å². The first-order valence-corrected chi connectivity index (χ1v) is 40.4. The van der Waals surface area contributed by atoms with Crippen LogP contribution >= 0.6 is 0 Å². The summed E-state index contributed by atoms with van der Waals surface area (Å²) in [6.45, 7) is 21.6. The molecule has 5 aliphatic heterocycles. The van der Waals surface area contributed by atoms with Crippen molar-refractivity contribution in [1.29, 1.82) is 0 Å². The van der Waals surface area contributed by atoms with Gasteiger partial charge in [0.05, 0.1) is 88.6 Å². The Kier molecular flexibility index (Phi) is 20.9. The number of imidazole rings is 2. The topological polar surface area (TPSA) is 249 Å². The lowest BCUT2D eigenvalue weighted by Gasteiger charge is -2.39. The summed E-state index contributed by atoms with van der Waals surface area (Å²) in [5, 5.41) is 3.29. The number of halogens is 2. The second kappa shape index (κ2) is 32.2. The Morgan fingerprint density at radius 2 is 1.02 bits per heavy atom. The van der Waals surface area contributed by atoms with Gasteiger partial charge in [-0.3, -0.25) is 56.5 Å². The number of nitrogens with zero attached hydrogens (tertiary/aromatic N) is 20. The van der Waals surface area contributed by atoms with Gasteiger partial charge >= 0.3 is 0 Å². The van der Waals surface area contributed by atoms with E-state index in [1.165, 1.54) is 54.8 Å². The Morgan fingerprint density at radius 1 is 0.437 bits per heavy atom. The van der Waals surface area contributed by atoms with E-state index in [1.54, 1.807) is 97.7 Å². The second-order valence-corrected chi connectivity index (χ2v) is 31.7. The number of anilines is 2. The van der Waals surface area contributed by atoms with E-state index in [0.29, 0.717) is 74.0 Å². The van der Waals surface area contributed by atoms with Crippen LogP contribution < -0.4 is 46.8 Å². The first-order chi connectivity index (χ1) is 57.7. The maximum atomic E-state index is 14.5. The number of methoxy groups -OCH3 is 2. The van der Waals surface area contributed by atoms with Gasteiger partial charge in [-0.15, -0.1) is 0 Å². The molecule has 1 aromatic carbocycles. The van der Waals surface area contributed by atoms with Crippen LogP contribution in [0.15, 0.2) is 190 Å². The number of aromatic nitrogens is 15. The molecule has 0 amide bonds. The third kappa shape index (κ3) is 15.9. The van der Waals surface area contributed by atoms with Crippen LogP contribution in [0.3, 0.4) is 0 Å². The van der Waals surface area contributed by atoms with Gasteiger partial charge in [-0.1, -0.05) is 12.2 Å². The molecule has 19 heterocycles. The summed E-state index contributed by atoms with van der Waals surface area (Å²) >= 11 is 0. The molecule has 1 N–H and O–H groups in total. The number of likely N-dealkylation sites (N-methyl/N-ethyl adjacent to an activating group) is 1. The molecule has 1 aliphatic carbocycles. The van der Waals surface area contributed by atoms with E-state index in [1.807, 2.05) is 112 Å². The number of rotatable bonds is 11. The summed E-state index contributed by atoms with van der Waals surface area (Å²) in [4.78, 5) is 99.8. The van der Waals surface area contributed by atoms with Gasteiger partial charge in [0.1, 0.15) is 16.9 Å². The predicted octanol–water partition coefficient (Wildman–Crippen LogP) is 11.3. The molecule has 21 rings (SSSR count). The van der Waals surface area contributed by atoms with E-state index in [0.717, 1.165) is 175 Å². The fraction of sp³-hybridized carbons (Fsp3) is 0.311. The van der Waals surface area contributed by atoms with Crippen molar-refractivity contribution in [2.75, 3.05) is 110 Å². The normalized spacial score (nSPS) is 16.7. The van der Waals surface area contributed by atoms with Gasteiger partial charge in [0.2, 0.25) is 0 Å². The lowest BCUT2D eigenvalue weighted by atomic mass is 10.0. The first kappa shape index (κ1) is 77.3. The van der Waals surface area contributed by atoms with Crippen LogP contribution in [0.5, 0.6) is 11.5 Å². The van der Waals surface area contributed by atoms with Crippen molar-refractivity contribution in [1.82, 2.24) is 90.7 Å². The third-order valence-electron chi connectivity index (χ3n) is 23.4. The fourth-order valence-corrected chi connectivity index (χ4v) is 17.0. The standard InChI is InChI=1S/C24H28N4O3.C23H23FN6O.C22H20FN5O.C21H20N6O/c1-16-11-19(27-10-9-26-8-4-5-18(26)14-27)15-28-23(29)13-20(25-24(16)28)17-6-7-21(30-2)22(12-17)31-3;1-15-12-29-13-16(10-19(24)23(29)25-15)20-11-22(31)30-14-18(4-5-21(30)26-20)28-8-6-27(7-9-28)17-2-3-17;1-14-11-27-12-17(9-18(23)22(27)24-14)16-3-4-20-25-19(10-21(29)28(20)13-16)15-5-7-26(2)8-6-15;1-13-10-26-11-16(7-19(26)14(2)24-13)17-8-21(28)27-12-18(23-9-20(27)25-17)15-3-5-22-6-4-15/h6-7,11-13,15,18H,4-5,8-10,14H2,1-3H3;4-5,10-14,17H,2-3,6-9H2,1H3;3-5,9-13H,6-8H2,1-2H3;3,7-12,22H,4-6H2,1-2H3/t18-;;;/m1.../s1. The van der Waals surface area contributed by atoms with Gasteiger partial charge in [-0.2, -0.15) is 0 Å². The zero-order chi connectivity index (χ0) is 82.0. The lowest BCUT2D eigenvalue weighted by molar-refractivity contribution is 0.231. The first-order valence-electron chi connectivity index (χ1n) is 40.4. The Labute approximate surface area is 682 Å². The average molecular weight is 1600 g/mol. The molecule has 15 aromatic rings. The number of nitrogens with one attached hydrogen (secondary N) is 1. The quantitative estimate of drug-likeness (QED) is 0.126. The predicted molar refractivity (Wildman–Crippen MR) is 458 cm³/mol. The van der Waals surface area contributed by atoms with Gasteiger partial charge in [0.25, 0.3) is 22.2 Å². The molecular weight excluding hydrogens is 1510 g/mol. The summed E-state index contributed by atoms with van der Waals surface area (Å²) in [5.41, 5.74) is 19.1. The Balaban J connectivity index is 0.000000109. The van der Waals surface area contributed by atoms with Crippen LogP contribution in [0.25, 0.3) is 95.4 Å². The number of aryl methyl sites for hydroxylation is 5. The van der Waals surface area contributed by atoms with Crippen LogP contribution in [0.2, 0.25) is 0 Å². The summed E-state index contributed by atoms with van der Waals surface area (Å²) < 4.78 is 51.3. The minimum atomic E-state index is -0.437. The van der Waals surface area contributed by atoms with E-state index < -0.39 is 11.6 Å². The molecule has 0 bridgehead atoms. The SMILES string of the molecule is COc1ccc(-c2cc(=O)n3cc(N4CCN5CCC[C@@H]5C4)cc(C)c3n2)cc1OC.Cc1cn2cc(-c3cc(=O)n4cc(C5=CCNCC5)ncc4n3)cc2c(C)n1.Cc1cn2cc(-c3cc(=O)n4cc(N5CCN(C6CC6)CC5)ccc4n3)cc(F)c2n1.Cc1cn2cc(-c3ccc4nc(C5=CCN(C)CC5)cc(=O)n4c3)cc(F)c2n1. The summed E-state index contributed by atoms with van der Waals surface area (Å²) in [6, 6.07) is 27.8. The second-order valence-electron chi connectivity index (χ2n) is 31.7. The van der Waals surface area contributed by atoms with Crippen LogP contribution in [0.4, 0.5) is 20.2 Å². The van der Waals surface area contributed by atoms with E-state index in [-0.39, 0.29) is 27.9 Å². The summed E-state index contributed by atoms with van der Waals surface area (Å²) in [6.07, 6.45) is 31.3. The molecule has 1 atom stereocenters. The molecular formula is C90H91F2N21O6. The largest absolute Gasteiger partial charge is 0.493 e. The number of ether oxygens (including phenoxy) is 2. The Hall–Kier alpha value is -13.0. The molecule has 4 fully saturated rings. The van der Waals surface area contributed by atoms with Gasteiger partial charge in [0.15, 0.2) is 40.1 Å². The van der Waals surface area contributed by atoms with Crippen molar-refractivity contribution in [3.63, 3.8) is 0 Å². The lowest BCUT2D eigenvalue weighted by Crippen LogP contribution is -2.50. The Bertz CT molecular complexity index is 6850. The minimum Gasteiger partial charge on any atom is -0.493 e. The number of pyridine rings is 5. The minimum absolute atomic E-state index is 0.0840. The highest BCUT2D eigenvalue weighted by atomic mass is 19.1. The molecule has 0 radical (unpaired) electrons. The number of benzene rings is 1. The zero-order valence-corrected chi connectivity index (χ0v) is 67.7. The van der Waals surface area contributed by atoms with Gasteiger partial charge in [-0.05, 0) is 177 Å². The highest BCUT2D eigenvalue weighted by molar-refractivity contribution is 5.73. The smallest absolute Gasteiger partial charge is 0.258 e. The van der Waals surface area contributed by atoms with Crippen molar-refractivity contribution in [2.24, 2.45) is 0 Å². The van der Waals surface area contributed by atoms with Gasteiger partial charge in [-0.25, -0.2) is 38.7 Å². The number of fused-ring (bicyclic) bond motifs is 8. The monoisotopic (exact) mass is 1600 g/mol. The van der Waals surface area contributed by atoms with Crippen molar-refractivity contribution >= 4 is 61.9 Å². The molecule has 29 heteroatoms. The van der Waals surface area contributed by atoms with E-state index >= 15 is 0 Å². The van der Waals surface area contributed by atoms with E-state index in [9.17, 15) is 28.0 Å². The van der Waals surface area contributed by atoms with Crippen LogP contribution in [-0.4, -0.2) is 197 Å².